The molecule has 1 spiro atoms. The number of hydrogen-bond acceptors (Lipinski definition) is 3. The molecule has 3 saturated heterocycles. The van der Waals surface area contributed by atoms with Gasteiger partial charge in [0, 0.05) is 0 Å². The van der Waals surface area contributed by atoms with Crippen molar-refractivity contribution in [1.29, 1.82) is 0 Å². The Morgan fingerprint density at radius 3 is 1.35 bits per heavy atom. The van der Waals surface area contributed by atoms with Crippen molar-refractivity contribution in [2.45, 2.75) is 55.3 Å². The molecule has 0 aromatic heterocycles. The second-order valence-corrected chi connectivity index (χ2v) is 7.38. The zero-order chi connectivity index (χ0) is 11.0. The molecule has 0 aromatic rings. The number of ether oxygens (including phenoxy) is 3. The molecule has 0 bridgehead atoms. The summed E-state index contributed by atoms with van der Waals surface area (Å²) in [6, 6.07) is 0. The molecule has 6 fully saturated rings. The van der Waals surface area contributed by atoms with Gasteiger partial charge in [-0.15, -0.1) is 0 Å². The van der Waals surface area contributed by atoms with E-state index in [1.165, 1.54) is 38.5 Å². The second kappa shape index (κ2) is 2.00. The van der Waals surface area contributed by atoms with E-state index < -0.39 is 0 Å². The summed E-state index contributed by atoms with van der Waals surface area (Å²) in [7, 11) is 0. The van der Waals surface area contributed by atoms with Gasteiger partial charge in [-0.1, -0.05) is 0 Å². The minimum atomic E-state index is 0.0382. The van der Waals surface area contributed by atoms with Crippen LogP contribution in [0.25, 0.3) is 0 Å². The van der Waals surface area contributed by atoms with Crippen LogP contribution in [0.5, 0.6) is 0 Å². The lowest BCUT2D eigenvalue weighted by Crippen LogP contribution is -2.56. The molecule has 0 N–H and O–H groups in total. The average Bonchev–Trinajstić information content (AvgIpc) is 3.05. The minimum Gasteiger partial charge on any atom is -0.369 e. The fourth-order valence-corrected chi connectivity index (χ4v) is 7.49. The Morgan fingerprint density at radius 1 is 0.529 bits per heavy atom. The molecule has 92 valence electrons. The van der Waals surface area contributed by atoms with E-state index in [4.69, 9.17) is 14.2 Å². The minimum absolute atomic E-state index is 0.0382. The van der Waals surface area contributed by atoms with Crippen LogP contribution >= 0.6 is 0 Å². The third kappa shape index (κ3) is 0.504. The fourth-order valence-electron chi connectivity index (χ4n) is 7.49. The molecular weight excluding hydrogens is 216 g/mol. The normalized spacial score (nSPS) is 73.4. The lowest BCUT2D eigenvalue weighted by Gasteiger charge is -2.43. The molecular formula is C14H18O3. The van der Waals surface area contributed by atoms with Crippen molar-refractivity contribution in [3.8, 4) is 0 Å². The summed E-state index contributed by atoms with van der Waals surface area (Å²) in [6.07, 6.45) is 7.76. The van der Waals surface area contributed by atoms with Crippen molar-refractivity contribution < 1.29 is 14.2 Å². The SMILES string of the molecule is C1CC23COC45CCC16CCC(CO2)(OC4)C635. The Kier molecular flexibility index (Phi) is 1.05. The monoisotopic (exact) mass is 234 g/mol. The Labute approximate surface area is 101 Å². The number of rotatable bonds is 0. The van der Waals surface area contributed by atoms with E-state index in [9.17, 15) is 0 Å². The molecule has 3 saturated carbocycles. The average molecular weight is 234 g/mol. The van der Waals surface area contributed by atoms with E-state index in [0.29, 0.717) is 5.41 Å². The van der Waals surface area contributed by atoms with Crippen molar-refractivity contribution in [3.05, 3.63) is 0 Å². The molecule has 3 unspecified atom stereocenters. The van der Waals surface area contributed by atoms with Crippen LogP contribution in [0, 0.1) is 10.8 Å². The summed E-state index contributed by atoms with van der Waals surface area (Å²) < 4.78 is 19.1. The van der Waals surface area contributed by atoms with Crippen LogP contribution in [-0.2, 0) is 14.2 Å². The van der Waals surface area contributed by atoms with Gasteiger partial charge in [0.1, 0.15) is 16.8 Å². The maximum atomic E-state index is 6.36. The van der Waals surface area contributed by atoms with Crippen LogP contribution in [0.3, 0.4) is 0 Å². The first kappa shape index (κ1) is 8.89. The third-order valence-corrected chi connectivity index (χ3v) is 7.61. The molecule has 3 nitrogen and oxygen atoms in total. The molecule has 0 radical (unpaired) electrons. The van der Waals surface area contributed by atoms with Crippen molar-refractivity contribution in [2.24, 2.45) is 10.8 Å². The summed E-state index contributed by atoms with van der Waals surface area (Å²) in [5.41, 5.74) is 0.875. The van der Waals surface area contributed by atoms with Crippen LogP contribution in [0.1, 0.15) is 38.5 Å². The molecule has 6 aliphatic rings. The van der Waals surface area contributed by atoms with Gasteiger partial charge >= 0.3 is 0 Å². The maximum absolute atomic E-state index is 6.36. The highest BCUT2D eigenvalue weighted by Gasteiger charge is 2.96. The quantitative estimate of drug-likeness (QED) is 0.638. The molecule has 6 rings (SSSR count). The van der Waals surface area contributed by atoms with E-state index >= 15 is 0 Å². The standard InChI is InChI=1S/C14H18O3/c1-4-11-7-16-13-6-3-10(1)2-5-12(8-15-11,17-9-13)14(10,11)13/h1-9H2. The summed E-state index contributed by atoms with van der Waals surface area (Å²) in [4.78, 5) is 0. The van der Waals surface area contributed by atoms with Gasteiger partial charge < -0.3 is 14.2 Å². The van der Waals surface area contributed by atoms with E-state index in [1.54, 1.807) is 0 Å². The number of hydrogen-bond donors (Lipinski definition) is 0. The van der Waals surface area contributed by atoms with Crippen LogP contribution in [-0.4, -0.2) is 36.6 Å². The lowest BCUT2D eigenvalue weighted by atomic mass is 9.58. The van der Waals surface area contributed by atoms with Crippen molar-refractivity contribution in [3.63, 3.8) is 0 Å². The van der Waals surface area contributed by atoms with Gasteiger partial charge in [0.2, 0.25) is 0 Å². The van der Waals surface area contributed by atoms with Crippen molar-refractivity contribution in [1.82, 2.24) is 0 Å². The largest absolute Gasteiger partial charge is 0.369 e. The maximum Gasteiger partial charge on any atom is 0.103 e. The van der Waals surface area contributed by atoms with Crippen LogP contribution in [0.15, 0.2) is 0 Å². The van der Waals surface area contributed by atoms with E-state index in [1.807, 2.05) is 0 Å². The topological polar surface area (TPSA) is 27.7 Å². The van der Waals surface area contributed by atoms with Crippen LogP contribution < -0.4 is 0 Å². The van der Waals surface area contributed by atoms with Gasteiger partial charge in [-0.3, -0.25) is 0 Å². The molecule has 0 aromatic carbocycles. The zero-order valence-corrected chi connectivity index (χ0v) is 10.1. The van der Waals surface area contributed by atoms with Gasteiger partial charge in [-0.25, -0.2) is 0 Å². The van der Waals surface area contributed by atoms with Crippen LogP contribution in [0.4, 0.5) is 0 Å². The summed E-state index contributed by atoms with van der Waals surface area (Å²) in [6.45, 7) is 2.54. The second-order valence-electron chi connectivity index (χ2n) is 7.38. The van der Waals surface area contributed by atoms with Gasteiger partial charge in [0.15, 0.2) is 0 Å². The smallest absolute Gasteiger partial charge is 0.103 e. The highest BCUT2D eigenvalue weighted by atomic mass is 16.6. The van der Waals surface area contributed by atoms with Crippen molar-refractivity contribution >= 4 is 0 Å². The fraction of sp³-hybridized carbons (Fsp3) is 1.00. The molecule has 3 aliphatic carbocycles. The van der Waals surface area contributed by atoms with Gasteiger partial charge in [0.25, 0.3) is 0 Å². The molecule has 3 heterocycles. The summed E-state index contributed by atoms with van der Waals surface area (Å²) in [5.74, 6) is 0. The van der Waals surface area contributed by atoms with Gasteiger partial charge in [-0.2, -0.15) is 0 Å². The molecule has 3 aliphatic heterocycles. The Balaban J connectivity index is 1.81. The van der Waals surface area contributed by atoms with Gasteiger partial charge in [0.05, 0.1) is 25.2 Å². The van der Waals surface area contributed by atoms with Crippen LogP contribution in [0.2, 0.25) is 0 Å². The zero-order valence-electron chi connectivity index (χ0n) is 10.1. The third-order valence-electron chi connectivity index (χ3n) is 7.61. The van der Waals surface area contributed by atoms with E-state index in [0.717, 1.165) is 19.8 Å². The van der Waals surface area contributed by atoms with Gasteiger partial charge in [-0.05, 0) is 43.9 Å². The Hall–Kier alpha value is -0.120. The van der Waals surface area contributed by atoms with E-state index in [-0.39, 0.29) is 22.2 Å². The van der Waals surface area contributed by atoms with E-state index in [2.05, 4.69) is 0 Å². The molecule has 3 heteroatoms. The predicted molar refractivity (Wildman–Crippen MR) is 58.6 cm³/mol. The first-order valence-electron chi connectivity index (χ1n) is 7.16. The summed E-state index contributed by atoms with van der Waals surface area (Å²) >= 11 is 0. The lowest BCUT2D eigenvalue weighted by molar-refractivity contribution is -0.0453. The first-order valence-corrected chi connectivity index (χ1v) is 7.16. The Bertz CT molecular complexity index is 320. The predicted octanol–water partition coefficient (Wildman–Crippen LogP) is 1.65. The summed E-state index contributed by atoms with van der Waals surface area (Å²) in [5, 5.41) is 0. The highest BCUT2D eigenvalue weighted by molar-refractivity contribution is 5.43. The Morgan fingerprint density at radius 2 is 0.941 bits per heavy atom. The van der Waals surface area contributed by atoms with Crippen molar-refractivity contribution in [2.75, 3.05) is 19.8 Å². The molecule has 3 atom stereocenters. The molecule has 17 heavy (non-hydrogen) atoms. The highest BCUT2D eigenvalue weighted by Crippen LogP contribution is 2.88. The molecule has 0 amide bonds. The first-order chi connectivity index (χ1) is 8.24.